The highest BCUT2D eigenvalue weighted by Gasteiger charge is 2.37. The van der Waals surface area contributed by atoms with Gasteiger partial charge in [0.15, 0.2) is 14.1 Å². The molecule has 50 heavy (non-hydrogen) atoms. The van der Waals surface area contributed by atoms with Crippen LogP contribution in [0.3, 0.4) is 0 Å². The molecule has 0 spiro atoms. The Balaban J connectivity index is 1.39. The first kappa shape index (κ1) is 37.6. The van der Waals surface area contributed by atoms with Gasteiger partial charge < -0.3 is 33.2 Å². The van der Waals surface area contributed by atoms with Gasteiger partial charge in [-0.2, -0.15) is 15.0 Å². The number of morpholine rings is 1. The minimum absolute atomic E-state index is 0.00316. The molecule has 4 heterocycles. The second-order valence-electron chi connectivity index (χ2n) is 15.1. The van der Waals surface area contributed by atoms with E-state index in [9.17, 15) is 13.6 Å². The van der Waals surface area contributed by atoms with E-state index in [4.69, 9.17) is 23.4 Å². The highest BCUT2D eigenvalue weighted by Crippen LogP contribution is 2.37. The Morgan fingerprint density at radius 1 is 0.960 bits per heavy atom. The third-order valence-corrected chi connectivity index (χ3v) is 13.7. The fraction of sp³-hybridized carbons (Fsp3) is 0.676. The first-order valence-corrected chi connectivity index (χ1v) is 20.2. The van der Waals surface area contributed by atoms with Gasteiger partial charge in [0, 0.05) is 52.0 Å². The van der Waals surface area contributed by atoms with Gasteiger partial charge >= 0.3 is 12.1 Å². The summed E-state index contributed by atoms with van der Waals surface area (Å²) in [5.41, 5.74) is 0.0485. The largest absolute Gasteiger partial charge is 0.491 e. The maximum absolute atomic E-state index is 14.7. The van der Waals surface area contributed by atoms with Gasteiger partial charge in [0.2, 0.25) is 11.9 Å². The molecule has 2 aliphatic rings. The molecule has 0 saturated carbocycles. The number of ether oxygens (including phenoxy) is 4. The Bertz CT molecular complexity index is 1610. The molecule has 276 valence electrons. The average molecular weight is 720 g/mol. The molecule has 0 unspecified atom stereocenters. The average Bonchev–Trinajstić information content (AvgIpc) is 3.45. The number of amides is 1. The molecule has 0 N–H and O–H groups in total. The van der Waals surface area contributed by atoms with Crippen LogP contribution in [-0.2, 0) is 13.9 Å². The number of nitrogens with zero attached hydrogens (tertiary/aromatic N) is 7. The first-order valence-electron chi connectivity index (χ1n) is 17.3. The molecule has 1 aromatic carbocycles. The van der Waals surface area contributed by atoms with E-state index in [2.05, 4.69) is 53.8 Å². The molecule has 3 aromatic rings. The van der Waals surface area contributed by atoms with Gasteiger partial charge in [-0.1, -0.05) is 26.8 Å². The van der Waals surface area contributed by atoms with E-state index in [1.165, 1.54) is 4.57 Å². The highest BCUT2D eigenvalue weighted by molar-refractivity contribution is 6.74. The number of piperidine rings is 1. The maximum atomic E-state index is 14.7. The number of imidazole rings is 1. The van der Waals surface area contributed by atoms with Gasteiger partial charge in [0.05, 0.1) is 25.3 Å². The van der Waals surface area contributed by atoms with Crippen LogP contribution in [0.5, 0.6) is 11.8 Å². The van der Waals surface area contributed by atoms with Crippen LogP contribution in [0.25, 0.3) is 17.0 Å². The summed E-state index contributed by atoms with van der Waals surface area (Å²) in [5.74, 6) is 0.107. The summed E-state index contributed by atoms with van der Waals surface area (Å²) in [5, 5.41) is 0.0961. The minimum Gasteiger partial charge on any atom is -0.491 e. The van der Waals surface area contributed by atoms with E-state index >= 15 is 0 Å². The third-order valence-electron chi connectivity index (χ3n) is 9.14. The summed E-state index contributed by atoms with van der Waals surface area (Å²) in [4.78, 5) is 34.3. The predicted molar refractivity (Wildman–Crippen MR) is 187 cm³/mol. The quantitative estimate of drug-likeness (QED) is 0.158. The normalized spacial score (nSPS) is 16.7. The molecular weight excluding hydrogens is 668 g/mol. The number of fused-ring (bicyclic) bond motifs is 1. The number of alkyl halides is 2. The Morgan fingerprint density at radius 2 is 1.64 bits per heavy atom. The highest BCUT2D eigenvalue weighted by atomic mass is 28.4. The number of aromatic nitrogens is 5. The first-order chi connectivity index (χ1) is 23.5. The zero-order chi connectivity index (χ0) is 36.3. The lowest BCUT2D eigenvalue weighted by molar-refractivity contribution is 0.0118. The molecular formula is C34H51F2N7O6Si. The molecule has 2 fully saturated rings. The number of anilines is 1. The van der Waals surface area contributed by atoms with Crippen molar-refractivity contribution < 1.29 is 36.9 Å². The van der Waals surface area contributed by atoms with Crippen molar-refractivity contribution >= 4 is 31.4 Å². The number of rotatable bonds is 11. The van der Waals surface area contributed by atoms with Crippen LogP contribution in [0.1, 0.15) is 73.1 Å². The Kier molecular flexibility index (Phi) is 11.5. The lowest BCUT2D eigenvalue weighted by Gasteiger charge is -2.36. The van der Waals surface area contributed by atoms with Gasteiger partial charge in [-0.3, -0.25) is 4.57 Å². The number of likely N-dealkylation sites (tertiary alicyclic amines) is 1. The van der Waals surface area contributed by atoms with E-state index in [0.29, 0.717) is 83.1 Å². The monoisotopic (exact) mass is 719 g/mol. The minimum atomic E-state index is -2.93. The molecule has 13 nitrogen and oxygen atoms in total. The number of benzene rings is 1. The number of halogens is 2. The van der Waals surface area contributed by atoms with Gasteiger partial charge in [-0.25, -0.2) is 18.6 Å². The van der Waals surface area contributed by atoms with Gasteiger partial charge in [0.1, 0.15) is 23.0 Å². The van der Waals surface area contributed by atoms with Gasteiger partial charge in [0.25, 0.3) is 6.43 Å². The predicted octanol–water partition coefficient (Wildman–Crippen LogP) is 6.55. The fourth-order valence-corrected chi connectivity index (χ4v) is 6.46. The summed E-state index contributed by atoms with van der Waals surface area (Å²) in [6, 6.07) is 5.14. The van der Waals surface area contributed by atoms with Crippen molar-refractivity contribution in [1.82, 2.24) is 29.4 Å². The molecule has 0 radical (unpaired) electrons. The summed E-state index contributed by atoms with van der Waals surface area (Å²) >= 11 is 0. The van der Waals surface area contributed by atoms with Crippen LogP contribution in [-0.4, -0.2) is 108 Å². The third kappa shape index (κ3) is 9.17. The number of hydrogen-bond acceptors (Lipinski definition) is 11. The molecule has 1 amide bonds. The van der Waals surface area contributed by atoms with Gasteiger partial charge in [-0.05, 0) is 51.0 Å². The number of carbonyl (C=O) groups is 1. The van der Waals surface area contributed by atoms with E-state index in [1.807, 2.05) is 25.7 Å². The lowest BCUT2D eigenvalue weighted by atomic mass is 10.1. The molecule has 2 aromatic heterocycles. The maximum Gasteiger partial charge on any atom is 0.410 e. The second-order valence-corrected chi connectivity index (χ2v) is 20.0. The fourth-order valence-electron chi connectivity index (χ4n) is 5.37. The van der Waals surface area contributed by atoms with E-state index in [1.54, 1.807) is 23.1 Å². The van der Waals surface area contributed by atoms with Crippen molar-refractivity contribution in [2.45, 2.75) is 97.1 Å². The SMILES string of the molecule is CC(C)(C)OC(=O)N1CCC(Oc2nc(N3CCOCC3)nc(-n3c(C(F)F)nc4c(OCCCO[Si](C)(C)C(C)(C)C)cccc43)n2)CC1. The van der Waals surface area contributed by atoms with Crippen molar-refractivity contribution in [3.8, 4) is 17.7 Å². The molecule has 16 heteroatoms. The Hall–Kier alpha value is -3.63. The molecule has 0 atom stereocenters. The molecule has 0 aliphatic carbocycles. The van der Waals surface area contributed by atoms with Crippen LogP contribution >= 0.6 is 0 Å². The van der Waals surface area contributed by atoms with E-state index in [-0.39, 0.29) is 40.7 Å². The summed E-state index contributed by atoms with van der Waals surface area (Å²) in [6.45, 7) is 20.2. The molecule has 2 saturated heterocycles. The number of para-hydroxylation sites is 1. The van der Waals surface area contributed by atoms with Crippen molar-refractivity contribution in [1.29, 1.82) is 0 Å². The van der Waals surface area contributed by atoms with Crippen molar-refractivity contribution in [2.75, 3.05) is 57.5 Å². The zero-order valence-electron chi connectivity index (χ0n) is 30.5. The van der Waals surface area contributed by atoms with Crippen molar-refractivity contribution in [3.05, 3.63) is 24.0 Å². The summed E-state index contributed by atoms with van der Waals surface area (Å²) in [6.07, 6.45) is -1.94. The zero-order valence-corrected chi connectivity index (χ0v) is 31.5. The molecule has 2 aliphatic heterocycles. The Labute approximate surface area is 293 Å². The molecule has 5 rings (SSSR count). The summed E-state index contributed by atoms with van der Waals surface area (Å²) < 4.78 is 60.2. The topological polar surface area (TPSA) is 126 Å². The smallest absolute Gasteiger partial charge is 0.410 e. The number of carbonyl (C=O) groups excluding carboxylic acids is 1. The van der Waals surface area contributed by atoms with Crippen LogP contribution in [0.2, 0.25) is 18.1 Å². The van der Waals surface area contributed by atoms with E-state index < -0.39 is 26.2 Å². The van der Waals surface area contributed by atoms with Gasteiger partial charge in [-0.15, -0.1) is 0 Å². The standard InChI is InChI=1S/C34H51F2N7O6Si/c1-33(2,3)49-32(44)42-15-13-23(14-16-42)48-31-39-29(41-17-21-45-22-18-41)38-30(40-31)43-24-11-9-12-25(26(24)37-28(43)27(35)36)46-19-10-20-47-50(7,8)34(4,5)6/h9,11-12,23,27H,10,13-22H2,1-8H3. The lowest BCUT2D eigenvalue weighted by Crippen LogP contribution is -2.44. The second kappa shape index (κ2) is 15.3. The van der Waals surface area contributed by atoms with Crippen LogP contribution in [0, 0.1) is 0 Å². The van der Waals surface area contributed by atoms with Crippen molar-refractivity contribution in [3.63, 3.8) is 0 Å². The molecule has 0 bridgehead atoms. The Morgan fingerprint density at radius 3 is 2.28 bits per heavy atom. The summed E-state index contributed by atoms with van der Waals surface area (Å²) in [7, 11) is -1.90. The van der Waals surface area contributed by atoms with E-state index in [0.717, 1.165) is 0 Å². The van der Waals surface area contributed by atoms with Crippen LogP contribution in [0.4, 0.5) is 19.5 Å². The van der Waals surface area contributed by atoms with Crippen LogP contribution in [0.15, 0.2) is 18.2 Å². The van der Waals surface area contributed by atoms with Crippen molar-refractivity contribution in [2.24, 2.45) is 0 Å². The van der Waals surface area contributed by atoms with Crippen LogP contribution < -0.4 is 14.4 Å². The number of hydrogen-bond donors (Lipinski definition) is 0.